The van der Waals surface area contributed by atoms with Gasteiger partial charge in [0.15, 0.2) is 25.8 Å². The fraction of sp³-hybridized carbons (Fsp3) is 0.675. The van der Waals surface area contributed by atoms with Crippen molar-refractivity contribution in [2.75, 3.05) is 13.2 Å². The number of esters is 3. The van der Waals surface area contributed by atoms with E-state index in [0.29, 0.717) is 5.57 Å². The number of Topliss-reactive ketones (excluding diaryl/α,β-unsaturated/α-hetero) is 1. The van der Waals surface area contributed by atoms with Crippen LogP contribution < -0.4 is 0 Å². The Morgan fingerprint density at radius 3 is 2.09 bits per heavy atom. The van der Waals surface area contributed by atoms with E-state index in [2.05, 4.69) is 20.8 Å². The van der Waals surface area contributed by atoms with E-state index in [1.807, 2.05) is 13.1 Å². The number of alkyl halides is 3. The zero-order valence-corrected chi connectivity index (χ0v) is 37.4. The topological polar surface area (TPSA) is 170 Å². The van der Waals surface area contributed by atoms with E-state index >= 15 is 4.79 Å². The zero-order valence-electron chi connectivity index (χ0n) is 34.2. The molecule has 0 aromatic heterocycles. The molecule has 5 rings (SSSR count). The van der Waals surface area contributed by atoms with Gasteiger partial charge in [-0.2, -0.15) is 0 Å². The second-order valence-corrected chi connectivity index (χ2v) is 25.1. The molecule has 2 saturated carbocycles. The van der Waals surface area contributed by atoms with Gasteiger partial charge in [-0.25, -0.2) is 9.59 Å². The minimum absolute atomic E-state index is 0.130. The molecule has 3 fully saturated rings. The number of carbonyl (C=O) groups excluding carboxylic acids is 5. The summed E-state index contributed by atoms with van der Waals surface area (Å²) in [5.41, 5.74) is -6.57. The number of fused-ring (bicyclic) bond motifs is 5. The van der Waals surface area contributed by atoms with Crippen molar-refractivity contribution >= 4 is 73.0 Å². The molecule has 2 bridgehead atoms. The number of benzene rings is 1. The van der Waals surface area contributed by atoms with E-state index in [9.17, 15) is 24.3 Å². The Balaban J connectivity index is 1.87. The molecule has 13 nitrogen and oxygen atoms in total. The molecule has 9 atom stereocenters. The van der Waals surface area contributed by atoms with Gasteiger partial charge in [-0.15, -0.1) is 0 Å². The summed E-state index contributed by atoms with van der Waals surface area (Å²) >= 11 is 17.5. The maximum absolute atomic E-state index is 15.9. The SMILES string of the molecule is CC(=O)O[C@H]1C(=O)[C@]2(C)[C@@H](OC(=O)OCC(Cl)(Cl)Cl)C[C@H]3OC[C@@]3(OC(C)=O)[C@H]2[C@H](OC(=O)c2ccccc2)[C@]2(O)C[C@H](O[Si](C)(C)C(C)(C)C)C(C)=C1C2(C)C. The molecular formula is C40H53Cl3O13Si. The van der Waals surface area contributed by atoms with Crippen LogP contribution in [0.15, 0.2) is 41.5 Å². The first-order chi connectivity index (χ1) is 26.0. The highest BCUT2D eigenvalue weighted by Gasteiger charge is 2.79. The van der Waals surface area contributed by atoms with E-state index < -0.39 is 107 Å². The lowest BCUT2D eigenvalue weighted by atomic mass is 9.44. The van der Waals surface area contributed by atoms with Crippen LogP contribution in [0.25, 0.3) is 0 Å². The number of ether oxygens (including phenoxy) is 6. The van der Waals surface area contributed by atoms with Crippen LogP contribution in [0.4, 0.5) is 4.79 Å². The van der Waals surface area contributed by atoms with Crippen molar-refractivity contribution in [3.05, 3.63) is 47.0 Å². The van der Waals surface area contributed by atoms with Gasteiger partial charge in [0.2, 0.25) is 3.79 Å². The minimum Gasteiger partial charge on any atom is -0.455 e. The van der Waals surface area contributed by atoms with Gasteiger partial charge >= 0.3 is 24.1 Å². The predicted molar refractivity (Wildman–Crippen MR) is 211 cm³/mol. The van der Waals surface area contributed by atoms with Crippen LogP contribution in [0.2, 0.25) is 18.1 Å². The van der Waals surface area contributed by atoms with Crippen molar-refractivity contribution in [1.82, 2.24) is 0 Å². The third-order valence-electron chi connectivity index (χ3n) is 13.0. The normalized spacial score (nSPS) is 33.6. The first kappa shape index (κ1) is 45.4. The zero-order chi connectivity index (χ0) is 42.9. The number of ketones is 1. The molecule has 17 heteroatoms. The van der Waals surface area contributed by atoms with Crippen molar-refractivity contribution in [2.24, 2.45) is 16.7 Å². The number of aliphatic hydroxyl groups is 1. The molecule has 1 N–H and O–H groups in total. The Morgan fingerprint density at radius 1 is 0.965 bits per heavy atom. The molecule has 1 heterocycles. The lowest BCUT2D eigenvalue weighted by Crippen LogP contribution is -2.82. The average Bonchev–Trinajstić information content (AvgIpc) is 3.07. The highest BCUT2D eigenvalue weighted by Crippen LogP contribution is 2.65. The first-order valence-electron chi connectivity index (χ1n) is 18.8. The fourth-order valence-corrected chi connectivity index (χ4v) is 10.5. The molecule has 1 saturated heterocycles. The van der Waals surface area contributed by atoms with Crippen LogP contribution in [-0.2, 0) is 47.2 Å². The van der Waals surface area contributed by atoms with Crippen molar-refractivity contribution in [1.29, 1.82) is 0 Å². The maximum atomic E-state index is 15.9. The van der Waals surface area contributed by atoms with Gasteiger partial charge in [-0.1, -0.05) is 87.6 Å². The van der Waals surface area contributed by atoms with Crippen LogP contribution in [0.1, 0.15) is 85.5 Å². The Bertz CT molecular complexity index is 1820. The summed E-state index contributed by atoms with van der Waals surface area (Å²) < 4.78 is 40.7. The summed E-state index contributed by atoms with van der Waals surface area (Å²) in [5.74, 6) is -4.72. The first-order valence-corrected chi connectivity index (χ1v) is 22.9. The summed E-state index contributed by atoms with van der Waals surface area (Å²) in [7, 11) is -2.65. The van der Waals surface area contributed by atoms with Gasteiger partial charge in [-0.05, 0) is 55.3 Å². The summed E-state index contributed by atoms with van der Waals surface area (Å²) in [4.78, 5) is 69.8. The van der Waals surface area contributed by atoms with Crippen LogP contribution in [-0.4, -0.2) is 102 Å². The standard InChI is InChI=1S/C40H53Cl3O13Si/c1-21-25(56-57(10,11)35(4,5)6)18-39(49)32(54-33(47)24-15-13-12-14-16-24)30-37(9,31(46)29(52-22(2)44)28(21)36(39,7)8)26(53-34(48)51-20-40(41,42)43)17-27-38(30,19-50-27)55-23(3)45/h12-16,25-27,29-30,32,49H,17-20H2,1-11H3/t25-,26-,27+,29+,30-,32-,37+,38-,39+/m0/s1. The number of halogens is 3. The third-order valence-corrected chi connectivity index (χ3v) is 17.8. The molecule has 316 valence electrons. The van der Waals surface area contributed by atoms with E-state index in [4.69, 9.17) is 67.7 Å². The smallest absolute Gasteiger partial charge is 0.455 e. The fourth-order valence-electron chi connectivity index (χ4n) is 8.99. The molecule has 57 heavy (non-hydrogen) atoms. The number of carbonyl (C=O) groups is 5. The summed E-state index contributed by atoms with van der Waals surface area (Å²) in [6.45, 7) is 18.2. The summed E-state index contributed by atoms with van der Waals surface area (Å²) in [5, 5.41) is 13.5. The van der Waals surface area contributed by atoms with Crippen LogP contribution in [0.5, 0.6) is 0 Å². The molecule has 0 spiro atoms. The van der Waals surface area contributed by atoms with Gasteiger partial charge in [0.25, 0.3) is 0 Å². The van der Waals surface area contributed by atoms with Crippen LogP contribution in [0, 0.1) is 16.7 Å². The number of hydrogen-bond acceptors (Lipinski definition) is 13. The third kappa shape index (κ3) is 8.01. The quantitative estimate of drug-likeness (QED) is 0.0915. The molecule has 3 aliphatic carbocycles. The van der Waals surface area contributed by atoms with Gasteiger partial charge < -0.3 is 38.0 Å². The number of hydrogen-bond donors (Lipinski definition) is 1. The van der Waals surface area contributed by atoms with Crippen molar-refractivity contribution in [3.63, 3.8) is 0 Å². The van der Waals surface area contributed by atoms with Crippen LogP contribution in [0.3, 0.4) is 0 Å². The van der Waals surface area contributed by atoms with Gasteiger partial charge in [0.05, 0.1) is 29.6 Å². The Kier molecular flexibility index (Phi) is 12.2. The average molecular weight is 876 g/mol. The Labute approximate surface area is 349 Å². The molecule has 1 aromatic rings. The van der Waals surface area contributed by atoms with Crippen molar-refractivity contribution < 1.29 is 61.9 Å². The van der Waals surface area contributed by atoms with E-state index in [1.54, 1.807) is 39.0 Å². The Hall–Kier alpha value is -2.72. The maximum Gasteiger partial charge on any atom is 0.508 e. The monoisotopic (exact) mass is 874 g/mol. The molecular weight excluding hydrogens is 823 g/mol. The van der Waals surface area contributed by atoms with Gasteiger partial charge in [-0.3, -0.25) is 14.4 Å². The van der Waals surface area contributed by atoms with E-state index in [-0.39, 0.29) is 35.6 Å². The van der Waals surface area contributed by atoms with E-state index in [0.717, 1.165) is 6.92 Å². The molecule has 0 unspecified atom stereocenters. The van der Waals surface area contributed by atoms with Gasteiger partial charge in [0.1, 0.15) is 30.5 Å². The lowest BCUT2D eigenvalue weighted by Gasteiger charge is -2.67. The second kappa shape index (κ2) is 15.4. The van der Waals surface area contributed by atoms with Crippen molar-refractivity contribution in [3.8, 4) is 0 Å². The van der Waals surface area contributed by atoms with Crippen LogP contribution >= 0.6 is 34.8 Å². The van der Waals surface area contributed by atoms with Gasteiger partial charge in [0, 0.05) is 32.1 Å². The highest BCUT2D eigenvalue weighted by molar-refractivity contribution is 6.74. The molecule has 4 aliphatic rings. The molecule has 0 radical (unpaired) electrons. The van der Waals surface area contributed by atoms with E-state index in [1.165, 1.54) is 26.0 Å². The predicted octanol–water partition coefficient (Wildman–Crippen LogP) is 7.21. The minimum atomic E-state index is -2.65. The lowest BCUT2D eigenvalue weighted by molar-refractivity contribution is -0.346. The van der Waals surface area contributed by atoms with Crippen molar-refractivity contribution in [2.45, 2.75) is 139 Å². The number of rotatable bonds is 8. The Morgan fingerprint density at radius 2 is 1.58 bits per heavy atom. The molecule has 1 aliphatic heterocycles. The summed E-state index contributed by atoms with van der Waals surface area (Å²) in [6, 6.07) is 8.07. The second-order valence-electron chi connectivity index (χ2n) is 17.9. The molecule has 1 aromatic carbocycles. The highest BCUT2D eigenvalue weighted by atomic mass is 35.6. The summed E-state index contributed by atoms with van der Waals surface area (Å²) in [6.07, 6.45) is -8.52. The molecule has 0 amide bonds. The largest absolute Gasteiger partial charge is 0.508 e.